The van der Waals surface area contributed by atoms with Crippen molar-refractivity contribution in [2.24, 2.45) is 4.99 Å². The van der Waals surface area contributed by atoms with E-state index in [-0.39, 0.29) is 24.1 Å². The Hall–Kier alpha value is -2.83. The van der Waals surface area contributed by atoms with Gasteiger partial charge in [0.05, 0.1) is 23.2 Å². The van der Waals surface area contributed by atoms with Crippen molar-refractivity contribution < 1.29 is 23.0 Å². The standard InChI is InChI=1S/C21H25ClF3N5O4/c1-10(2)26-19(27-12-4-5-14(22)13(6-12)21(23,24)25)28-15-7-17(34-16(15)9-31)30-8-11(3)18(32)29-20(30)33/h4-6,8,10,15-17,31H,7,9H2,1-3H3,(H2,26,27,28)(H,29,32,33)/t15-,16+,17+/m0/s1. The summed E-state index contributed by atoms with van der Waals surface area (Å²) in [5.41, 5.74) is -1.76. The molecule has 0 saturated carbocycles. The molecule has 0 bridgehead atoms. The number of H-pyrrole nitrogens is 1. The molecule has 1 aromatic carbocycles. The number of hydrogen-bond acceptors (Lipinski definition) is 5. The molecule has 0 unspecified atom stereocenters. The van der Waals surface area contributed by atoms with Crippen LogP contribution in [0.5, 0.6) is 0 Å². The summed E-state index contributed by atoms with van der Waals surface area (Å²) in [6.07, 6.45) is -4.68. The first kappa shape index (κ1) is 25.8. The normalized spacial score (nSPS) is 21.2. The zero-order chi connectivity index (χ0) is 25.2. The second kappa shape index (κ2) is 10.2. The molecule has 34 heavy (non-hydrogen) atoms. The van der Waals surface area contributed by atoms with Crippen LogP contribution in [0.3, 0.4) is 0 Å². The number of benzene rings is 1. The van der Waals surface area contributed by atoms with Crippen molar-refractivity contribution >= 4 is 23.2 Å². The second-order valence-corrected chi connectivity index (χ2v) is 8.59. The molecule has 2 heterocycles. The molecule has 1 aliphatic heterocycles. The Kier molecular flexibility index (Phi) is 7.74. The van der Waals surface area contributed by atoms with Crippen LogP contribution >= 0.6 is 11.6 Å². The van der Waals surface area contributed by atoms with Gasteiger partial charge < -0.3 is 20.5 Å². The molecule has 0 spiro atoms. The van der Waals surface area contributed by atoms with Gasteiger partial charge in [-0.1, -0.05) is 11.6 Å². The van der Waals surface area contributed by atoms with Crippen molar-refractivity contribution in [1.29, 1.82) is 0 Å². The molecule has 0 radical (unpaired) electrons. The molecule has 0 aliphatic carbocycles. The maximum Gasteiger partial charge on any atom is 0.417 e. The van der Waals surface area contributed by atoms with Crippen LogP contribution in [0.25, 0.3) is 0 Å². The topological polar surface area (TPSA) is 121 Å². The van der Waals surface area contributed by atoms with E-state index in [1.807, 2.05) is 13.8 Å². The van der Waals surface area contributed by atoms with Gasteiger partial charge in [0.1, 0.15) is 12.3 Å². The highest BCUT2D eigenvalue weighted by Gasteiger charge is 2.37. The SMILES string of the molecule is Cc1cn([C@H]2C[C@H](N=C(Nc3ccc(Cl)c(C(F)(F)F)c3)NC(C)C)[C@@H](CO)O2)c(=O)[nH]c1=O. The number of aliphatic hydroxyl groups is 1. The molecular formula is C21H25ClF3N5O4. The smallest absolute Gasteiger partial charge is 0.394 e. The van der Waals surface area contributed by atoms with Crippen LogP contribution in [0.1, 0.15) is 37.6 Å². The summed E-state index contributed by atoms with van der Waals surface area (Å²) in [6.45, 7) is 4.77. The van der Waals surface area contributed by atoms with Crippen molar-refractivity contribution in [1.82, 2.24) is 14.9 Å². The number of aryl methyl sites for hydroxylation is 1. The quantitative estimate of drug-likeness (QED) is 0.368. The van der Waals surface area contributed by atoms with Gasteiger partial charge in [0.2, 0.25) is 0 Å². The maximum absolute atomic E-state index is 13.2. The highest BCUT2D eigenvalue weighted by molar-refractivity contribution is 6.31. The van der Waals surface area contributed by atoms with Crippen LogP contribution in [0.4, 0.5) is 18.9 Å². The number of aromatic nitrogens is 2. The van der Waals surface area contributed by atoms with Crippen LogP contribution < -0.4 is 21.9 Å². The fraction of sp³-hybridized carbons (Fsp3) is 0.476. The number of nitrogens with zero attached hydrogens (tertiary/aromatic N) is 2. The summed E-state index contributed by atoms with van der Waals surface area (Å²) < 4.78 is 46.7. The number of aliphatic hydroxyl groups excluding tert-OH is 1. The fourth-order valence-electron chi connectivity index (χ4n) is 3.49. The second-order valence-electron chi connectivity index (χ2n) is 8.19. The molecule has 0 amide bonds. The minimum absolute atomic E-state index is 0.104. The van der Waals surface area contributed by atoms with Gasteiger partial charge in [0.25, 0.3) is 5.56 Å². The number of hydrogen-bond donors (Lipinski definition) is 4. The highest BCUT2D eigenvalue weighted by Crippen LogP contribution is 2.36. The highest BCUT2D eigenvalue weighted by atomic mass is 35.5. The van der Waals surface area contributed by atoms with Crippen molar-refractivity contribution in [2.75, 3.05) is 11.9 Å². The molecule has 1 fully saturated rings. The lowest BCUT2D eigenvalue weighted by Gasteiger charge is -2.19. The Morgan fingerprint density at radius 2 is 2.09 bits per heavy atom. The van der Waals surface area contributed by atoms with Gasteiger partial charge >= 0.3 is 11.9 Å². The van der Waals surface area contributed by atoms with Gasteiger partial charge in [0, 0.05) is 29.9 Å². The molecule has 1 saturated heterocycles. The average molecular weight is 504 g/mol. The average Bonchev–Trinajstić information content (AvgIpc) is 3.13. The van der Waals surface area contributed by atoms with E-state index in [4.69, 9.17) is 16.3 Å². The number of nitrogens with one attached hydrogen (secondary N) is 3. The third-order valence-electron chi connectivity index (χ3n) is 5.10. The number of aromatic amines is 1. The number of aliphatic imine (C=N–C) groups is 1. The van der Waals surface area contributed by atoms with Gasteiger partial charge in [-0.2, -0.15) is 13.2 Å². The Morgan fingerprint density at radius 3 is 2.71 bits per heavy atom. The van der Waals surface area contributed by atoms with Gasteiger partial charge in [-0.3, -0.25) is 14.3 Å². The Bertz CT molecular complexity index is 1180. The first-order valence-corrected chi connectivity index (χ1v) is 10.8. The Morgan fingerprint density at radius 1 is 1.38 bits per heavy atom. The number of rotatable bonds is 5. The molecule has 1 aliphatic rings. The van der Waals surface area contributed by atoms with E-state index in [0.717, 1.165) is 12.1 Å². The lowest BCUT2D eigenvalue weighted by molar-refractivity contribution is -0.137. The summed E-state index contributed by atoms with van der Waals surface area (Å²) in [5.74, 6) is 0.156. The third kappa shape index (κ3) is 5.99. The summed E-state index contributed by atoms with van der Waals surface area (Å²) >= 11 is 5.70. The number of alkyl halides is 3. The predicted molar refractivity (Wildman–Crippen MR) is 121 cm³/mol. The van der Waals surface area contributed by atoms with Crippen LogP contribution in [0.15, 0.2) is 39.0 Å². The maximum atomic E-state index is 13.2. The Balaban J connectivity index is 1.90. The van der Waals surface area contributed by atoms with Gasteiger partial charge in [0.15, 0.2) is 5.96 Å². The minimum Gasteiger partial charge on any atom is -0.394 e. The van der Waals surface area contributed by atoms with E-state index in [0.29, 0.717) is 5.56 Å². The summed E-state index contributed by atoms with van der Waals surface area (Å²) in [5, 5.41) is 15.2. The van der Waals surface area contributed by atoms with E-state index < -0.39 is 53.0 Å². The van der Waals surface area contributed by atoms with Gasteiger partial charge in [-0.15, -0.1) is 0 Å². The molecule has 9 nitrogen and oxygen atoms in total. The van der Waals surface area contributed by atoms with Crippen molar-refractivity contribution in [3.63, 3.8) is 0 Å². The number of guanidine groups is 1. The minimum atomic E-state index is -4.63. The zero-order valence-corrected chi connectivity index (χ0v) is 19.4. The van der Waals surface area contributed by atoms with Crippen LogP contribution in [-0.4, -0.2) is 45.4 Å². The summed E-state index contributed by atoms with van der Waals surface area (Å²) in [6, 6.07) is 2.62. The van der Waals surface area contributed by atoms with E-state index in [1.165, 1.54) is 16.8 Å². The van der Waals surface area contributed by atoms with Crippen molar-refractivity contribution in [2.45, 2.75) is 57.8 Å². The molecule has 186 valence electrons. The van der Waals surface area contributed by atoms with Gasteiger partial charge in [-0.25, -0.2) is 9.79 Å². The molecule has 13 heteroatoms. The number of halogens is 4. The predicted octanol–water partition coefficient (Wildman–Crippen LogP) is 2.63. The fourth-order valence-corrected chi connectivity index (χ4v) is 3.71. The monoisotopic (exact) mass is 503 g/mol. The summed E-state index contributed by atoms with van der Waals surface area (Å²) in [4.78, 5) is 30.6. The summed E-state index contributed by atoms with van der Waals surface area (Å²) in [7, 11) is 0. The van der Waals surface area contributed by atoms with E-state index in [9.17, 15) is 27.9 Å². The largest absolute Gasteiger partial charge is 0.417 e. The van der Waals surface area contributed by atoms with Crippen LogP contribution in [0.2, 0.25) is 5.02 Å². The van der Waals surface area contributed by atoms with Crippen LogP contribution in [-0.2, 0) is 10.9 Å². The van der Waals surface area contributed by atoms with Crippen LogP contribution in [0, 0.1) is 6.92 Å². The van der Waals surface area contributed by atoms with E-state index in [2.05, 4.69) is 20.6 Å². The zero-order valence-electron chi connectivity index (χ0n) is 18.6. The molecule has 1 aromatic heterocycles. The molecule has 3 atom stereocenters. The number of ether oxygens (including phenoxy) is 1. The molecule has 4 N–H and O–H groups in total. The van der Waals surface area contributed by atoms with Crippen molar-refractivity contribution in [3.8, 4) is 0 Å². The van der Waals surface area contributed by atoms with Gasteiger partial charge in [-0.05, 0) is 39.0 Å². The van der Waals surface area contributed by atoms with E-state index in [1.54, 1.807) is 6.92 Å². The Labute approximate surface area is 197 Å². The van der Waals surface area contributed by atoms with E-state index >= 15 is 0 Å². The lowest BCUT2D eigenvalue weighted by atomic mass is 10.1. The first-order chi connectivity index (χ1) is 15.9. The molecule has 2 aromatic rings. The molecule has 3 rings (SSSR count). The van der Waals surface area contributed by atoms with Crippen molar-refractivity contribution in [3.05, 3.63) is 61.4 Å². The number of anilines is 1. The lowest BCUT2D eigenvalue weighted by Crippen LogP contribution is -2.38. The third-order valence-corrected chi connectivity index (χ3v) is 5.42. The first-order valence-electron chi connectivity index (χ1n) is 10.5. The molecular weight excluding hydrogens is 479 g/mol.